The van der Waals surface area contributed by atoms with Gasteiger partial charge in [0.2, 0.25) is 0 Å². The van der Waals surface area contributed by atoms with Gasteiger partial charge in [0.25, 0.3) is 5.91 Å². The molecule has 5 heteroatoms. The standard InChI is InChI=1S/C12H19N3O2/c1-9(2)17-8-7-14-12(16)10-3-5-11(15-13)6-4-10/h3-6,9,15H,7-8,13H2,1-2H3,(H,14,16). The molecule has 0 aliphatic heterocycles. The van der Waals surface area contributed by atoms with Gasteiger partial charge in [-0.15, -0.1) is 0 Å². The van der Waals surface area contributed by atoms with E-state index in [1.54, 1.807) is 24.3 Å². The second kappa shape index (κ2) is 6.88. The summed E-state index contributed by atoms with van der Waals surface area (Å²) in [7, 11) is 0. The monoisotopic (exact) mass is 237 g/mol. The molecule has 1 aromatic rings. The van der Waals surface area contributed by atoms with E-state index in [1.807, 2.05) is 13.8 Å². The van der Waals surface area contributed by atoms with Crippen LogP contribution in [0.25, 0.3) is 0 Å². The third-order valence-electron chi connectivity index (χ3n) is 2.15. The lowest BCUT2D eigenvalue weighted by Gasteiger charge is -2.09. The number of nitrogen functional groups attached to an aromatic ring is 1. The highest BCUT2D eigenvalue weighted by Gasteiger charge is 2.04. The van der Waals surface area contributed by atoms with Crippen LogP contribution >= 0.6 is 0 Å². The van der Waals surface area contributed by atoms with E-state index in [9.17, 15) is 4.79 Å². The minimum atomic E-state index is -0.110. The van der Waals surface area contributed by atoms with Gasteiger partial charge in [-0.3, -0.25) is 10.6 Å². The number of ether oxygens (including phenoxy) is 1. The van der Waals surface area contributed by atoms with Crippen LogP contribution in [0.1, 0.15) is 24.2 Å². The molecule has 0 unspecified atom stereocenters. The van der Waals surface area contributed by atoms with Crippen molar-refractivity contribution >= 4 is 11.6 Å². The lowest BCUT2D eigenvalue weighted by atomic mass is 10.2. The number of hydrazine groups is 1. The highest BCUT2D eigenvalue weighted by Crippen LogP contribution is 2.07. The zero-order valence-corrected chi connectivity index (χ0v) is 10.2. The zero-order valence-electron chi connectivity index (χ0n) is 10.2. The summed E-state index contributed by atoms with van der Waals surface area (Å²) in [6.45, 7) is 4.94. The fourth-order valence-electron chi connectivity index (χ4n) is 1.28. The van der Waals surface area contributed by atoms with Crippen LogP contribution in [-0.4, -0.2) is 25.2 Å². The molecule has 0 atom stereocenters. The number of anilines is 1. The van der Waals surface area contributed by atoms with Crippen molar-refractivity contribution in [3.63, 3.8) is 0 Å². The van der Waals surface area contributed by atoms with Crippen LogP contribution in [0.2, 0.25) is 0 Å². The fourth-order valence-corrected chi connectivity index (χ4v) is 1.28. The molecule has 1 aromatic carbocycles. The smallest absolute Gasteiger partial charge is 0.251 e. The predicted molar refractivity (Wildman–Crippen MR) is 67.7 cm³/mol. The maximum absolute atomic E-state index is 11.7. The summed E-state index contributed by atoms with van der Waals surface area (Å²) in [4.78, 5) is 11.7. The highest BCUT2D eigenvalue weighted by atomic mass is 16.5. The number of carbonyl (C=O) groups is 1. The Morgan fingerprint density at radius 1 is 1.35 bits per heavy atom. The molecular weight excluding hydrogens is 218 g/mol. The van der Waals surface area contributed by atoms with Crippen molar-refractivity contribution in [2.75, 3.05) is 18.6 Å². The predicted octanol–water partition coefficient (Wildman–Crippen LogP) is 1.13. The Kier molecular flexibility index (Phi) is 5.45. The van der Waals surface area contributed by atoms with Crippen molar-refractivity contribution in [1.29, 1.82) is 0 Å². The molecule has 0 saturated heterocycles. The molecule has 0 aromatic heterocycles. The molecule has 0 heterocycles. The molecule has 0 aliphatic rings. The number of benzene rings is 1. The number of carbonyl (C=O) groups excluding carboxylic acids is 1. The number of hydrogen-bond donors (Lipinski definition) is 3. The Balaban J connectivity index is 2.36. The number of nitrogens with one attached hydrogen (secondary N) is 2. The summed E-state index contributed by atoms with van der Waals surface area (Å²) in [5.41, 5.74) is 3.88. The lowest BCUT2D eigenvalue weighted by molar-refractivity contribution is 0.0746. The maximum atomic E-state index is 11.7. The first-order valence-corrected chi connectivity index (χ1v) is 5.60. The summed E-state index contributed by atoms with van der Waals surface area (Å²) in [5, 5.41) is 2.78. The van der Waals surface area contributed by atoms with Crippen LogP contribution in [-0.2, 0) is 4.74 Å². The van der Waals surface area contributed by atoms with E-state index in [-0.39, 0.29) is 12.0 Å². The minimum absolute atomic E-state index is 0.110. The Morgan fingerprint density at radius 2 is 2.00 bits per heavy atom. The Hall–Kier alpha value is -1.59. The Bertz CT molecular complexity index is 349. The van der Waals surface area contributed by atoms with Crippen molar-refractivity contribution in [2.24, 2.45) is 5.84 Å². The van der Waals surface area contributed by atoms with Crippen molar-refractivity contribution in [3.8, 4) is 0 Å². The molecule has 0 radical (unpaired) electrons. The van der Waals surface area contributed by atoms with E-state index in [1.165, 1.54) is 0 Å². The first-order chi connectivity index (χ1) is 8.13. The van der Waals surface area contributed by atoms with E-state index in [0.717, 1.165) is 5.69 Å². The normalized spacial score (nSPS) is 10.4. The van der Waals surface area contributed by atoms with Gasteiger partial charge in [-0.25, -0.2) is 0 Å². The van der Waals surface area contributed by atoms with E-state index in [0.29, 0.717) is 18.7 Å². The lowest BCUT2D eigenvalue weighted by Crippen LogP contribution is -2.28. The van der Waals surface area contributed by atoms with E-state index >= 15 is 0 Å². The van der Waals surface area contributed by atoms with Gasteiger partial charge in [-0.2, -0.15) is 0 Å². The fraction of sp³-hybridized carbons (Fsp3) is 0.417. The first-order valence-electron chi connectivity index (χ1n) is 5.60. The van der Waals surface area contributed by atoms with Crippen LogP contribution in [0.4, 0.5) is 5.69 Å². The molecule has 94 valence electrons. The SMILES string of the molecule is CC(C)OCCNC(=O)c1ccc(NN)cc1. The van der Waals surface area contributed by atoms with Crippen molar-refractivity contribution in [3.05, 3.63) is 29.8 Å². The van der Waals surface area contributed by atoms with Gasteiger partial charge >= 0.3 is 0 Å². The number of nitrogens with two attached hydrogens (primary N) is 1. The Labute approximate surface area is 101 Å². The molecular formula is C12H19N3O2. The highest BCUT2D eigenvalue weighted by molar-refractivity contribution is 5.94. The summed E-state index contributed by atoms with van der Waals surface area (Å²) in [5.74, 6) is 5.13. The van der Waals surface area contributed by atoms with E-state index < -0.39 is 0 Å². The summed E-state index contributed by atoms with van der Waals surface area (Å²) < 4.78 is 5.32. The first kappa shape index (κ1) is 13.5. The van der Waals surface area contributed by atoms with Crippen LogP contribution in [0.15, 0.2) is 24.3 Å². The summed E-state index contributed by atoms with van der Waals surface area (Å²) in [6.07, 6.45) is 0.182. The molecule has 0 fully saturated rings. The topological polar surface area (TPSA) is 76.4 Å². The molecule has 0 spiro atoms. The molecule has 1 amide bonds. The van der Waals surface area contributed by atoms with Gasteiger partial charge < -0.3 is 15.5 Å². The van der Waals surface area contributed by atoms with E-state index in [2.05, 4.69) is 10.7 Å². The molecule has 0 aliphatic carbocycles. The second-order valence-corrected chi connectivity index (χ2v) is 3.90. The summed E-state index contributed by atoms with van der Waals surface area (Å²) >= 11 is 0. The minimum Gasteiger partial charge on any atom is -0.377 e. The van der Waals surface area contributed by atoms with Crippen LogP contribution in [0.3, 0.4) is 0 Å². The van der Waals surface area contributed by atoms with Gasteiger partial charge in [0, 0.05) is 17.8 Å². The number of hydrogen-bond acceptors (Lipinski definition) is 4. The van der Waals surface area contributed by atoms with Gasteiger partial charge in [0.05, 0.1) is 12.7 Å². The third-order valence-corrected chi connectivity index (χ3v) is 2.15. The zero-order chi connectivity index (χ0) is 12.7. The van der Waals surface area contributed by atoms with Crippen molar-refractivity contribution in [2.45, 2.75) is 20.0 Å². The Morgan fingerprint density at radius 3 is 2.53 bits per heavy atom. The number of amides is 1. The molecule has 0 saturated carbocycles. The third kappa shape index (κ3) is 4.84. The second-order valence-electron chi connectivity index (χ2n) is 3.90. The van der Waals surface area contributed by atoms with Crippen LogP contribution < -0.4 is 16.6 Å². The van der Waals surface area contributed by atoms with Gasteiger partial charge in [0.1, 0.15) is 0 Å². The molecule has 1 rings (SSSR count). The van der Waals surface area contributed by atoms with Crippen molar-refractivity contribution in [1.82, 2.24) is 5.32 Å². The average Bonchev–Trinajstić information content (AvgIpc) is 2.34. The average molecular weight is 237 g/mol. The van der Waals surface area contributed by atoms with Gasteiger partial charge in [0.15, 0.2) is 0 Å². The number of rotatable bonds is 6. The molecule has 17 heavy (non-hydrogen) atoms. The van der Waals surface area contributed by atoms with Crippen LogP contribution in [0, 0.1) is 0 Å². The quantitative estimate of drug-likeness (QED) is 0.394. The molecule has 5 nitrogen and oxygen atoms in total. The van der Waals surface area contributed by atoms with Gasteiger partial charge in [-0.1, -0.05) is 0 Å². The largest absolute Gasteiger partial charge is 0.377 e. The summed E-state index contributed by atoms with van der Waals surface area (Å²) in [6, 6.07) is 6.93. The molecule has 0 bridgehead atoms. The maximum Gasteiger partial charge on any atom is 0.251 e. The van der Waals surface area contributed by atoms with E-state index in [4.69, 9.17) is 10.6 Å². The van der Waals surface area contributed by atoms with Crippen molar-refractivity contribution < 1.29 is 9.53 Å². The van der Waals surface area contributed by atoms with Gasteiger partial charge in [-0.05, 0) is 38.1 Å². The molecule has 4 N–H and O–H groups in total. The van der Waals surface area contributed by atoms with Crippen LogP contribution in [0.5, 0.6) is 0 Å².